The zero-order valence-electron chi connectivity index (χ0n) is 10.1. The summed E-state index contributed by atoms with van der Waals surface area (Å²) in [6.45, 7) is 2.80. The van der Waals surface area contributed by atoms with Gasteiger partial charge in [0, 0.05) is 30.1 Å². The highest BCUT2D eigenvalue weighted by Gasteiger charge is 2.23. The van der Waals surface area contributed by atoms with Crippen molar-refractivity contribution in [2.45, 2.75) is 12.6 Å². The number of hydrogen-bond donors (Lipinski definition) is 1. The van der Waals surface area contributed by atoms with Crippen molar-refractivity contribution in [2.24, 2.45) is 5.73 Å². The molecule has 4 nitrogen and oxygen atoms in total. The minimum Gasteiger partial charge on any atom is -0.493 e. The normalized spacial score (nSPS) is 16.7. The van der Waals surface area contributed by atoms with Gasteiger partial charge in [-0.1, -0.05) is 15.9 Å². The molecule has 1 heterocycles. The Hall–Kier alpha value is -0.780. The minimum absolute atomic E-state index is 0.328. The Balaban J connectivity index is 2.16. The number of nitrogens with two attached hydrogens (primary N) is 1. The molecule has 1 aromatic rings. The van der Waals surface area contributed by atoms with E-state index in [2.05, 4.69) is 20.8 Å². The molecule has 1 aliphatic heterocycles. The minimum atomic E-state index is 0.328. The summed E-state index contributed by atoms with van der Waals surface area (Å²) in [6, 6.07) is 4.27. The van der Waals surface area contributed by atoms with E-state index in [-0.39, 0.29) is 0 Å². The lowest BCUT2D eigenvalue weighted by atomic mass is 10.1. The van der Waals surface area contributed by atoms with Crippen molar-refractivity contribution in [2.75, 3.05) is 27.3 Å². The van der Waals surface area contributed by atoms with Gasteiger partial charge in [0.2, 0.25) is 0 Å². The summed E-state index contributed by atoms with van der Waals surface area (Å²) < 4.78 is 11.6. The maximum absolute atomic E-state index is 5.76. The summed E-state index contributed by atoms with van der Waals surface area (Å²) in [5, 5.41) is 0. The highest BCUT2D eigenvalue weighted by atomic mass is 79.9. The van der Waals surface area contributed by atoms with Crippen LogP contribution in [0.1, 0.15) is 5.56 Å². The fourth-order valence-corrected chi connectivity index (χ4v) is 2.45. The number of nitrogens with zero attached hydrogens (tertiary/aromatic N) is 1. The van der Waals surface area contributed by atoms with E-state index in [4.69, 9.17) is 15.2 Å². The Labute approximate surface area is 110 Å². The third-order valence-electron chi connectivity index (χ3n) is 2.93. The smallest absolute Gasteiger partial charge is 0.161 e. The Bertz CT molecular complexity index is 406. The summed E-state index contributed by atoms with van der Waals surface area (Å²) in [7, 11) is 3.29. The molecule has 17 heavy (non-hydrogen) atoms. The van der Waals surface area contributed by atoms with Crippen molar-refractivity contribution in [3.8, 4) is 11.5 Å². The predicted octanol–water partition coefficient (Wildman–Crippen LogP) is 1.61. The largest absolute Gasteiger partial charge is 0.493 e. The van der Waals surface area contributed by atoms with Gasteiger partial charge in [0.25, 0.3) is 0 Å². The molecule has 2 rings (SSSR count). The molecule has 0 unspecified atom stereocenters. The first-order valence-electron chi connectivity index (χ1n) is 5.52. The Morgan fingerprint density at radius 2 is 1.88 bits per heavy atom. The topological polar surface area (TPSA) is 47.7 Å². The molecule has 0 aromatic heterocycles. The average Bonchev–Trinajstić information content (AvgIpc) is 2.28. The van der Waals surface area contributed by atoms with Crippen molar-refractivity contribution in [3.05, 3.63) is 22.2 Å². The van der Waals surface area contributed by atoms with E-state index in [0.29, 0.717) is 6.04 Å². The number of hydrogen-bond acceptors (Lipinski definition) is 4. The molecule has 0 saturated carbocycles. The van der Waals surface area contributed by atoms with Gasteiger partial charge < -0.3 is 15.2 Å². The molecule has 94 valence electrons. The van der Waals surface area contributed by atoms with E-state index in [9.17, 15) is 0 Å². The first-order chi connectivity index (χ1) is 8.13. The van der Waals surface area contributed by atoms with Gasteiger partial charge in [0.15, 0.2) is 11.5 Å². The fourth-order valence-electron chi connectivity index (χ4n) is 2.00. The number of halogens is 1. The molecule has 0 amide bonds. The van der Waals surface area contributed by atoms with Crippen molar-refractivity contribution in [1.29, 1.82) is 0 Å². The summed E-state index contributed by atoms with van der Waals surface area (Å²) >= 11 is 3.55. The van der Waals surface area contributed by atoms with Crippen LogP contribution in [0.2, 0.25) is 0 Å². The molecule has 0 aliphatic carbocycles. The van der Waals surface area contributed by atoms with Crippen LogP contribution < -0.4 is 15.2 Å². The van der Waals surface area contributed by atoms with E-state index in [0.717, 1.165) is 35.6 Å². The Morgan fingerprint density at radius 3 is 2.41 bits per heavy atom. The van der Waals surface area contributed by atoms with Gasteiger partial charge in [0.1, 0.15) is 0 Å². The average molecular weight is 301 g/mol. The monoisotopic (exact) mass is 300 g/mol. The van der Waals surface area contributed by atoms with Gasteiger partial charge in [-0.2, -0.15) is 0 Å². The van der Waals surface area contributed by atoms with Gasteiger partial charge in [-0.3, -0.25) is 4.90 Å². The van der Waals surface area contributed by atoms with Crippen LogP contribution >= 0.6 is 15.9 Å². The molecule has 1 aromatic carbocycles. The first-order valence-corrected chi connectivity index (χ1v) is 6.31. The standard InChI is InChI=1S/C12H17BrN2O2/c1-16-11-3-8(5-15-6-9(14)7-15)10(13)4-12(11)17-2/h3-4,9H,5-7,14H2,1-2H3. The van der Waals surface area contributed by atoms with Crippen molar-refractivity contribution in [1.82, 2.24) is 4.90 Å². The highest BCUT2D eigenvalue weighted by Crippen LogP contribution is 2.34. The summed E-state index contributed by atoms with van der Waals surface area (Å²) in [4.78, 5) is 2.30. The summed E-state index contributed by atoms with van der Waals surface area (Å²) in [5.41, 5.74) is 6.95. The second-order valence-corrected chi connectivity index (χ2v) is 5.11. The third-order valence-corrected chi connectivity index (χ3v) is 3.67. The van der Waals surface area contributed by atoms with Crippen LogP contribution in [0.3, 0.4) is 0 Å². The van der Waals surface area contributed by atoms with Gasteiger partial charge in [-0.05, 0) is 17.7 Å². The molecule has 1 aliphatic rings. The number of ether oxygens (including phenoxy) is 2. The Morgan fingerprint density at radius 1 is 1.29 bits per heavy atom. The maximum Gasteiger partial charge on any atom is 0.161 e. The van der Waals surface area contributed by atoms with Crippen molar-refractivity contribution < 1.29 is 9.47 Å². The molecule has 0 spiro atoms. The fraction of sp³-hybridized carbons (Fsp3) is 0.500. The molecule has 5 heteroatoms. The van der Waals surface area contributed by atoms with Crippen LogP contribution in [0.25, 0.3) is 0 Å². The van der Waals surface area contributed by atoms with Crippen LogP contribution in [0.15, 0.2) is 16.6 Å². The van der Waals surface area contributed by atoms with E-state index in [1.807, 2.05) is 12.1 Å². The zero-order chi connectivity index (χ0) is 12.4. The second kappa shape index (κ2) is 5.25. The number of benzene rings is 1. The van der Waals surface area contributed by atoms with Crippen molar-refractivity contribution in [3.63, 3.8) is 0 Å². The molecule has 0 atom stereocenters. The van der Waals surface area contributed by atoms with E-state index >= 15 is 0 Å². The van der Waals surface area contributed by atoms with Gasteiger partial charge in [-0.15, -0.1) is 0 Å². The van der Waals surface area contributed by atoms with Gasteiger partial charge in [-0.25, -0.2) is 0 Å². The van der Waals surface area contributed by atoms with Crippen molar-refractivity contribution >= 4 is 15.9 Å². The maximum atomic E-state index is 5.76. The molecule has 2 N–H and O–H groups in total. The van der Waals surface area contributed by atoms with E-state index in [1.165, 1.54) is 5.56 Å². The lowest BCUT2D eigenvalue weighted by molar-refractivity contribution is 0.142. The zero-order valence-corrected chi connectivity index (χ0v) is 11.7. The highest BCUT2D eigenvalue weighted by molar-refractivity contribution is 9.10. The lowest BCUT2D eigenvalue weighted by Gasteiger charge is -2.37. The summed E-state index contributed by atoms with van der Waals surface area (Å²) in [5.74, 6) is 1.50. The van der Waals surface area contributed by atoms with Crippen LogP contribution in [-0.2, 0) is 6.54 Å². The third kappa shape index (κ3) is 2.73. The summed E-state index contributed by atoms with van der Waals surface area (Å²) in [6.07, 6.45) is 0. The van der Waals surface area contributed by atoms with E-state index < -0.39 is 0 Å². The van der Waals surface area contributed by atoms with Gasteiger partial charge in [0.05, 0.1) is 14.2 Å². The van der Waals surface area contributed by atoms with E-state index in [1.54, 1.807) is 14.2 Å². The number of methoxy groups -OCH3 is 2. The second-order valence-electron chi connectivity index (χ2n) is 4.25. The van der Waals surface area contributed by atoms with Crippen LogP contribution in [0, 0.1) is 0 Å². The molecular weight excluding hydrogens is 284 g/mol. The predicted molar refractivity (Wildman–Crippen MR) is 70.5 cm³/mol. The number of rotatable bonds is 4. The molecule has 0 bridgehead atoms. The number of likely N-dealkylation sites (tertiary alicyclic amines) is 1. The molecule has 0 radical (unpaired) electrons. The SMILES string of the molecule is COc1cc(Br)c(CN2CC(N)C2)cc1OC. The van der Waals surface area contributed by atoms with Crippen LogP contribution in [0.5, 0.6) is 11.5 Å². The molecular formula is C12H17BrN2O2. The first kappa shape index (κ1) is 12.7. The molecule has 1 saturated heterocycles. The molecule has 1 fully saturated rings. The lowest BCUT2D eigenvalue weighted by Crippen LogP contribution is -2.54. The quantitative estimate of drug-likeness (QED) is 0.918. The van der Waals surface area contributed by atoms with Crippen LogP contribution in [0.4, 0.5) is 0 Å². The van der Waals surface area contributed by atoms with Gasteiger partial charge >= 0.3 is 0 Å². The Kier molecular flexibility index (Phi) is 3.91. The van der Waals surface area contributed by atoms with Crippen LogP contribution in [-0.4, -0.2) is 38.3 Å².